The number of ether oxygens (including phenoxy) is 2. The van der Waals surface area contributed by atoms with E-state index in [0.29, 0.717) is 0 Å². The minimum Gasteiger partial charge on any atom is -0.444 e. The second-order valence-corrected chi connectivity index (χ2v) is 6.60. The maximum atomic E-state index is 14.0. The first kappa shape index (κ1) is 18.2. The third kappa shape index (κ3) is 5.19. The molecule has 1 aromatic carbocycles. The summed E-state index contributed by atoms with van der Waals surface area (Å²) in [5.41, 5.74) is -0.704. The van der Waals surface area contributed by atoms with Gasteiger partial charge in [0.25, 0.3) is 5.19 Å². The second kappa shape index (κ2) is 7.16. The van der Waals surface area contributed by atoms with E-state index in [4.69, 9.17) is 19.5 Å². The number of thiazole rings is 1. The molecule has 2 aromatic rings. The fourth-order valence-corrected chi connectivity index (χ4v) is 2.31. The average Bonchev–Trinajstić information content (AvgIpc) is 2.88. The van der Waals surface area contributed by atoms with Crippen molar-refractivity contribution in [2.24, 2.45) is 0 Å². The predicted molar refractivity (Wildman–Crippen MR) is 88.3 cm³/mol. The zero-order valence-electron chi connectivity index (χ0n) is 13.2. The molecule has 1 aromatic heterocycles. The van der Waals surface area contributed by atoms with Gasteiger partial charge in [0.15, 0.2) is 5.82 Å². The monoisotopic (exact) mass is 354 g/mol. The normalized spacial score (nSPS) is 11.1. The molecule has 0 atom stereocenters. The molecule has 0 aliphatic heterocycles. The number of halogens is 1. The molecule has 2 rings (SSSR count). The van der Waals surface area contributed by atoms with Crippen LogP contribution in [0.1, 0.15) is 20.8 Å². The van der Waals surface area contributed by atoms with E-state index in [2.05, 4.69) is 10.3 Å². The number of aromatic nitrogens is 1. The van der Waals surface area contributed by atoms with Crippen LogP contribution in [0.2, 0.25) is 0 Å². The van der Waals surface area contributed by atoms with E-state index in [1.54, 1.807) is 20.8 Å². The van der Waals surface area contributed by atoms with E-state index in [-0.39, 0.29) is 22.2 Å². The summed E-state index contributed by atoms with van der Waals surface area (Å²) >= 11 is 1.03. The van der Waals surface area contributed by atoms with Crippen LogP contribution >= 0.6 is 11.3 Å². The van der Waals surface area contributed by atoms with Gasteiger partial charge in [-0.3, -0.25) is 5.32 Å². The summed E-state index contributed by atoms with van der Waals surface area (Å²) in [7, 11) is -1.70. The second-order valence-electron chi connectivity index (χ2n) is 5.78. The Kier molecular flexibility index (Phi) is 5.42. The number of carbonyl (C=O) groups is 1. The smallest absolute Gasteiger partial charge is 0.444 e. The molecule has 0 radical (unpaired) electrons. The standard InChI is InChI=1S/C14H16BFN2O5S/c1-14(2,3)23-12(19)17-10-5-4-8(6-9(10)16)22-13-18-11(7-24-13)15(20)21/h4-7,20-21H,1-3H3,(H,17,19). The lowest BCUT2D eigenvalue weighted by molar-refractivity contribution is 0.0635. The quantitative estimate of drug-likeness (QED) is 0.727. The lowest BCUT2D eigenvalue weighted by atomic mass is 9.88. The Morgan fingerprint density at radius 3 is 2.62 bits per heavy atom. The first-order valence-corrected chi connectivity index (χ1v) is 7.81. The van der Waals surface area contributed by atoms with Crippen molar-refractivity contribution in [2.45, 2.75) is 26.4 Å². The van der Waals surface area contributed by atoms with E-state index in [1.807, 2.05) is 0 Å². The van der Waals surface area contributed by atoms with E-state index in [9.17, 15) is 9.18 Å². The highest BCUT2D eigenvalue weighted by molar-refractivity contribution is 7.12. The van der Waals surface area contributed by atoms with Crippen molar-refractivity contribution in [2.75, 3.05) is 5.32 Å². The third-order valence-corrected chi connectivity index (χ3v) is 3.28. The van der Waals surface area contributed by atoms with Gasteiger partial charge in [-0.15, -0.1) is 0 Å². The van der Waals surface area contributed by atoms with Crippen molar-refractivity contribution in [3.05, 3.63) is 29.4 Å². The molecule has 0 aliphatic rings. The van der Waals surface area contributed by atoms with Gasteiger partial charge in [-0.05, 0) is 32.9 Å². The van der Waals surface area contributed by atoms with Gasteiger partial charge in [0.1, 0.15) is 11.4 Å². The number of carbonyl (C=O) groups excluding carboxylic acids is 1. The van der Waals surface area contributed by atoms with Crippen LogP contribution < -0.4 is 15.6 Å². The van der Waals surface area contributed by atoms with Gasteiger partial charge in [-0.2, -0.15) is 0 Å². The summed E-state index contributed by atoms with van der Waals surface area (Å²) in [4.78, 5) is 15.5. The molecule has 0 aliphatic carbocycles. The molecular weight excluding hydrogens is 338 g/mol. The Morgan fingerprint density at radius 1 is 1.38 bits per heavy atom. The van der Waals surface area contributed by atoms with Gasteiger partial charge in [0.2, 0.25) is 0 Å². The maximum absolute atomic E-state index is 14.0. The highest BCUT2D eigenvalue weighted by Gasteiger charge is 2.18. The molecule has 24 heavy (non-hydrogen) atoms. The van der Waals surface area contributed by atoms with Crippen molar-refractivity contribution >= 4 is 35.8 Å². The molecule has 0 bridgehead atoms. The number of rotatable bonds is 4. The van der Waals surface area contributed by atoms with Crippen molar-refractivity contribution in [1.29, 1.82) is 0 Å². The average molecular weight is 354 g/mol. The molecule has 0 saturated carbocycles. The Labute approximate surface area is 142 Å². The van der Waals surface area contributed by atoms with Crippen LogP contribution in [0.15, 0.2) is 23.6 Å². The molecule has 0 spiro atoms. The van der Waals surface area contributed by atoms with Crippen molar-refractivity contribution in [3.63, 3.8) is 0 Å². The highest BCUT2D eigenvalue weighted by Crippen LogP contribution is 2.26. The molecule has 0 unspecified atom stereocenters. The highest BCUT2D eigenvalue weighted by atomic mass is 32.1. The Morgan fingerprint density at radius 2 is 2.08 bits per heavy atom. The molecule has 1 heterocycles. The predicted octanol–water partition coefficient (Wildman–Crippen LogP) is 2.10. The van der Waals surface area contributed by atoms with E-state index >= 15 is 0 Å². The molecule has 3 N–H and O–H groups in total. The number of hydrogen-bond donors (Lipinski definition) is 3. The van der Waals surface area contributed by atoms with Crippen LogP contribution in [-0.4, -0.2) is 33.8 Å². The molecule has 10 heteroatoms. The summed E-state index contributed by atoms with van der Waals surface area (Å²) in [6, 6.07) is 3.83. The van der Waals surface area contributed by atoms with Gasteiger partial charge in [0, 0.05) is 11.4 Å². The van der Waals surface area contributed by atoms with Gasteiger partial charge in [-0.1, -0.05) is 11.3 Å². The van der Waals surface area contributed by atoms with E-state index < -0.39 is 24.6 Å². The maximum Gasteiger partial charge on any atom is 0.509 e. The summed E-state index contributed by atoms with van der Waals surface area (Å²) in [5.74, 6) is -0.562. The number of nitrogens with zero attached hydrogens (tertiary/aromatic N) is 1. The number of amides is 1. The molecule has 7 nitrogen and oxygen atoms in total. The zero-order chi connectivity index (χ0) is 17.9. The largest absolute Gasteiger partial charge is 0.509 e. The fourth-order valence-electron chi connectivity index (χ4n) is 1.61. The number of hydrogen-bond acceptors (Lipinski definition) is 7. The summed E-state index contributed by atoms with van der Waals surface area (Å²) in [6.07, 6.45) is -0.767. The SMILES string of the molecule is CC(C)(C)OC(=O)Nc1ccc(Oc2nc(B(O)O)cs2)cc1F. The first-order valence-electron chi connectivity index (χ1n) is 6.93. The minimum absolute atomic E-state index is 0.0404. The number of nitrogens with one attached hydrogen (secondary N) is 1. The van der Waals surface area contributed by atoms with Gasteiger partial charge in [-0.25, -0.2) is 14.2 Å². The van der Waals surface area contributed by atoms with E-state index in [0.717, 1.165) is 17.4 Å². The van der Waals surface area contributed by atoms with Crippen LogP contribution in [0.5, 0.6) is 10.9 Å². The topological polar surface area (TPSA) is 101 Å². The molecular formula is C14H16BFN2O5S. The van der Waals surface area contributed by atoms with Crippen LogP contribution in [0.4, 0.5) is 14.9 Å². The lowest BCUT2D eigenvalue weighted by Crippen LogP contribution is -2.30. The van der Waals surface area contributed by atoms with Crippen LogP contribution in [0.3, 0.4) is 0 Å². The zero-order valence-corrected chi connectivity index (χ0v) is 14.1. The first-order chi connectivity index (χ1) is 11.1. The van der Waals surface area contributed by atoms with Crippen molar-refractivity contribution in [3.8, 4) is 10.9 Å². The number of anilines is 1. The lowest BCUT2D eigenvalue weighted by Gasteiger charge is -2.19. The van der Waals surface area contributed by atoms with E-state index in [1.165, 1.54) is 17.5 Å². The third-order valence-electron chi connectivity index (χ3n) is 2.55. The van der Waals surface area contributed by atoms with Crippen molar-refractivity contribution in [1.82, 2.24) is 4.98 Å². The molecule has 0 fully saturated rings. The van der Waals surface area contributed by atoms with Gasteiger partial charge < -0.3 is 19.5 Å². The fraction of sp³-hybridized carbons (Fsp3) is 0.286. The van der Waals surface area contributed by atoms with Crippen LogP contribution in [-0.2, 0) is 4.74 Å². The molecule has 0 saturated heterocycles. The molecule has 128 valence electrons. The summed E-state index contributed by atoms with van der Waals surface area (Å²) in [6.45, 7) is 5.10. The van der Waals surface area contributed by atoms with Gasteiger partial charge in [0.05, 0.1) is 11.3 Å². The van der Waals surface area contributed by atoms with Crippen LogP contribution in [0.25, 0.3) is 0 Å². The Bertz CT molecular complexity index is 732. The Hall–Kier alpha value is -2.17. The summed E-state index contributed by atoms with van der Waals surface area (Å²) in [5, 5.41) is 21.8. The number of benzene rings is 1. The summed E-state index contributed by atoms with van der Waals surface area (Å²) < 4.78 is 24.4. The molecule has 1 amide bonds. The van der Waals surface area contributed by atoms with Crippen LogP contribution in [0, 0.1) is 5.82 Å². The Balaban J connectivity index is 2.04. The van der Waals surface area contributed by atoms with Crippen molar-refractivity contribution < 1.29 is 28.7 Å². The minimum atomic E-state index is -1.70. The van der Waals surface area contributed by atoms with Gasteiger partial charge >= 0.3 is 13.2 Å².